The minimum Gasteiger partial charge on any atom is -0.478 e. The zero-order chi connectivity index (χ0) is 15.2. The fourth-order valence-corrected chi connectivity index (χ4v) is 2.44. The summed E-state index contributed by atoms with van der Waals surface area (Å²) in [6, 6.07) is 5.05. The summed E-state index contributed by atoms with van der Waals surface area (Å²) in [5.74, 6) is -0.938. The average molecular weight is 291 g/mol. The molecular weight excluding hydrogens is 270 g/mol. The van der Waals surface area contributed by atoms with Gasteiger partial charge in [-0.3, -0.25) is 0 Å². The number of carbonyl (C=O) groups is 2. The van der Waals surface area contributed by atoms with Crippen LogP contribution in [-0.2, 0) is 13.0 Å². The number of fused-ring (bicyclic) bond motifs is 1. The normalized spacial score (nSPS) is 13.7. The fourth-order valence-electron chi connectivity index (χ4n) is 2.44. The molecule has 0 bridgehead atoms. The first-order chi connectivity index (χ1) is 10.1. The highest BCUT2D eigenvalue weighted by Crippen LogP contribution is 2.20. The van der Waals surface area contributed by atoms with Gasteiger partial charge in [-0.05, 0) is 49.7 Å². The van der Waals surface area contributed by atoms with Gasteiger partial charge in [0.25, 0.3) is 0 Å². The first kappa shape index (κ1) is 15.3. The van der Waals surface area contributed by atoms with Crippen LogP contribution in [0.15, 0.2) is 18.2 Å². The molecule has 1 aromatic rings. The maximum Gasteiger partial charge on any atom is 0.335 e. The van der Waals surface area contributed by atoms with Crippen molar-refractivity contribution in [1.29, 1.82) is 0 Å². The van der Waals surface area contributed by atoms with Crippen molar-refractivity contribution in [3.8, 4) is 0 Å². The van der Waals surface area contributed by atoms with Gasteiger partial charge in [-0.15, -0.1) is 0 Å². The zero-order valence-electron chi connectivity index (χ0n) is 12.2. The number of carbonyl (C=O) groups excluding carboxylic acids is 1. The van der Waals surface area contributed by atoms with Crippen molar-refractivity contribution in [1.82, 2.24) is 15.5 Å². The highest BCUT2D eigenvalue weighted by Gasteiger charge is 2.21. The van der Waals surface area contributed by atoms with E-state index in [1.807, 2.05) is 13.1 Å². The van der Waals surface area contributed by atoms with E-state index in [1.54, 1.807) is 17.0 Å². The highest BCUT2D eigenvalue weighted by molar-refractivity contribution is 5.88. The molecule has 0 atom stereocenters. The molecule has 0 aromatic heterocycles. The standard InChI is InChI=1S/C15H21N3O3/c1-16-6-2-7-17-15(21)18-8-5-11-3-4-12(14(19)20)9-13(11)10-18/h3-4,9,16H,2,5-8,10H2,1H3,(H,17,21)(H,19,20). The summed E-state index contributed by atoms with van der Waals surface area (Å²) in [7, 11) is 1.88. The number of carboxylic acid groups (broad SMARTS) is 1. The third-order valence-corrected chi connectivity index (χ3v) is 3.63. The molecule has 0 unspecified atom stereocenters. The molecule has 114 valence electrons. The molecule has 0 fully saturated rings. The molecule has 0 radical (unpaired) electrons. The summed E-state index contributed by atoms with van der Waals surface area (Å²) < 4.78 is 0. The second-order valence-corrected chi connectivity index (χ2v) is 5.15. The Kier molecular flexibility index (Phi) is 5.16. The number of nitrogens with zero attached hydrogens (tertiary/aromatic N) is 1. The number of urea groups is 1. The van der Waals surface area contributed by atoms with Gasteiger partial charge in [0.2, 0.25) is 0 Å². The van der Waals surface area contributed by atoms with Gasteiger partial charge < -0.3 is 20.6 Å². The summed E-state index contributed by atoms with van der Waals surface area (Å²) in [6.45, 7) is 2.63. The zero-order valence-corrected chi connectivity index (χ0v) is 12.2. The third-order valence-electron chi connectivity index (χ3n) is 3.63. The Balaban J connectivity index is 1.96. The largest absolute Gasteiger partial charge is 0.478 e. The molecule has 0 spiro atoms. The quantitative estimate of drug-likeness (QED) is 0.709. The van der Waals surface area contributed by atoms with E-state index < -0.39 is 5.97 Å². The maximum absolute atomic E-state index is 12.1. The number of benzene rings is 1. The number of hydrogen-bond donors (Lipinski definition) is 3. The van der Waals surface area contributed by atoms with Gasteiger partial charge in [-0.25, -0.2) is 9.59 Å². The van der Waals surface area contributed by atoms with Gasteiger partial charge >= 0.3 is 12.0 Å². The molecule has 2 amide bonds. The average Bonchev–Trinajstić information content (AvgIpc) is 2.50. The molecule has 21 heavy (non-hydrogen) atoms. The summed E-state index contributed by atoms with van der Waals surface area (Å²) >= 11 is 0. The van der Waals surface area contributed by atoms with E-state index in [4.69, 9.17) is 5.11 Å². The van der Waals surface area contributed by atoms with Gasteiger partial charge in [-0.1, -0.05) is 6.07 Å². The number of nitrogens with one attached hydrogen (secondary N) is 2. The molecule has 0 saturated heterocycles. The lowest BCUT2D eigenvalue weighted by Gasteiger charge is -2.29. The van der Waals surface area contributed by atoms with Gasteiger partial charge in [0.05, 0.1) is 5.56 Å². The Bertz CT molecular complexity index is 531. The molecule has 6 nitrogen and oxygen atoms in total. The van der Waals surface area contributed by atoms with Crippen molar-refractivity contribution in [3.63, 3.8) is 0 Å². The van der Waals surface area contributed by atoms with Crippen molar-refractivity contribution in [3.05, 3.63) is 34.9 Å². The van der Waals surface area contributed by atoms with Gasteiger partial charge in [0.1, 0.15) is 0 Å². The summed E-state index contributed by atoms with van der Waals surface area (Å²) in [5, 5.41) is 14.9. The van der Waals surface area contributed by atoms with Crippen LogP contribution in [0, 0.1) is 0 Å². The smallest absolute Gasteiger partial charge is 0.335 e. The lowest BCUT2D eigenvalue weighted by molar-refractivity contribution is 0.0696. The minimum absolute atomic E-state index is 0.0857. The van der Waals surface area contributed by atoms with E-state index in [0.717, 1.165) is 30.5 Å². The van der Waals surface area contributed by atoms with Crippen molar-refractivity contribution in [2.24, 2.45) is 0 Å². The van der Waals surface area contributed by atoms with Crippen molar-refractivity contribution < 1.29 is 14.7 Å². The number of rotatable bonds is 5. The Labute approximate surface area is 124 Å². The monoisotopic (exact) mass is 291 g/mol. The van der Waals surface area contributed by atoms with Crippen LogP contribution in [0.2, 0.25) is 0 Å². The lowest BCUT2D eigenvalue weighted by Crippen LogP contribution is -2.43. The molecule has 1 heterocycles. The molecule has 1 aromatic carbocycles. The van der Waals surface area contributed by atoms with E-state index in [2.05, 4.69) is 10.6 Å². The number of aromatic carboxylic acids is 1. The van der Waals surface area contributed by atoms with Crippen LogP contribution in [-0.4, -0.2) is 48.7 Å². The topological polar surface area (TPSA) is 81.7 Å². The molecule has 2 rings (SSSR count). The SMILES string of the molecule is CNCCCNC(=O)N1CCc2ccc(C(=O)O)cc2C1. The Morgan fingerprint density at radius 3 is 2.81 bits per heavy atom. The van der Waals surface area contributed by atoms with Crippen LogP contribution >= 0.6 is 0 Å². The van der Waals surface area contributed by atoms with Crippen LogP contribution in [0.25, 0.3) is 0 Å². The number of amides is 2. The summed E-state index contributed by atoms with van der Waals surface area (Å²) in [5.41, 5.74) is 2.32. The molecule has 3 N–H and O–H groups in total. The van der Waals surface area contributed by atoms with E-state index >= 15 is 0 Å². The number of carboxylic acids is 1. The van der Waals surface area contributed by atoms with Crippen LogP contribution in [0.1, 0.15) is 27.9 Å². The van der Waals surface area contributed by atoms with Crippen molar-refractivity contribution in [2.45, 2.75) is 19.4 Å². The molecule has 6 heteroatoms. The van der Waals surface area contributed by atoms with Gasteiger partial charge in [0, 0.05) is 19.6 Å². The lowest BCUT2D eigenvalue weighted by atomic mass is 9.97. The second kappa shape index (κ2) is 7.08. The van der Waals surface area contributed by atoms with Gasteiger partial charge in [-0.2, -0.15) is 0 Å². The number of hydrogen-bond acceptors (Lipinski definition) is 3. The third kappa shape index (κ3) is 3.95. The molecule has 1 aliphatic rings. The van der Waals surface area contributed by atoms with Crippen LogP contribution < -0.4 is 10.6 Å². The summed E-state index contributed by atoms with van der Waals surface area (Å²) in [6.07, 6.45) is 1.65. The second-order valence-electron chi connectivity index (χ2n) is 5.15. The first-order valence-electron chi connectivity index (χ1n) is 7.14. The predicted octanol–water partition coefficient (Wildman–Crippen LogP) is 1.06. The fraction of sp³-hybridized carbons (Fsp3) is 0.467. The van der Waals surface area contributed by atoms with Gasteiger partial charge in [0.15, 0.2) is 0 Å². The van der Waals surface area contributed by atoms with E-state index in [1.165, 1.54) is 0 Å². The highest BCUT2D eigenvalue weighted by atomic mass is 16.4. The van der Waals surface area contributed by atoms with Crippen molar-refractivity contribution >= 4 is 12.0 Å². The van der Waals surface area contributed by atoms with Crippen molar-refractivity contribution in [2.75, 3.05) is 26.7 Å². The van der Waals surface area contributed by atoms with Crippen LogP contribution in [0.4, 0.5) is 4.79 Å². The molecule has 0 saturated carbocycles. The van der Waals surface area contributed by atoms with Crippen LogP contribution in [0.5, 0.6) is 0 Å². The van der Waals surface area contributed by atoms with Crippen LogP contribution in [0.3, 0.4) is 0 Å². The maximum atomic E-state index is 12.1. The van der Waals surface area contributed by atoms with E-state index in [0.29, 0.717) is 19.6 Å². The molecule has 1 aliphatic heterocycles. The van der Waals surface area contributed by atoms with E-state index in [9.17, 15) is 9.59 Å². The molecular formula is C15H21N3O3. The summed E-state index contributed by atoms with van der Waals surface area (Å²) in [4.78, 5) is 24.8. The Morgan fingerprint density at radius 2 is 2.10 bits per heavy atom. The Morgan fingerprint density at radius 1 is 1.29 bits per heavy atom. The Hall–Kier alpha value is -2.08. The predicted molar refractivity (Wildman–Crippen MR) is 79.5 cm³/mol. The molecule has 0 aliphatic carbocycles. The van der Waals surface area contributed by atoms with E-state index in [-0.39, 0.29) is 11.6 Å². The first-order valence-corrected chi connectivity index (χ1v) is 7.14. The minimum atomic E-state index is -0.938.